The summed E-state index contributed by atoms with van der Waals surface area (Å²) in [7, 11) is 1.53. The summed E-state index contributed by atoms with van der Waals surface area (Å²) in [6.07, 6.45) is 2.54. The zero-order valence-corrected chi connectivity index (χ0v) is 15.5. The minimum absolute atomic E-state index is 0. The minimum atomic E-state index is -1.06. The molecule has 6 heteroatoms. The molecule has 1 aliphatic rings. The highest BCUT2D eigenvalue weighted by Gasteiger charge is 2.59. The highest BCUT2D eigenvalue weighted by Crippen LogP contribution is 2.55. The van der Waals surface area contributed by atoms with Gasteiger partial charge in [-0.1, -0.05) is 28.2 Å². The Hall–Kier alpha value is -1.59. The lowest BCUT2D eigenvalue weighted by Gasteiger charge is -2.37. The van der Waals surface area contributed by atoms with Crippen LogP contribution in [-0.2, 0) is 19.1 Å². The van der Waals surface area contributed by atoms with Gasteiger partial charge in [-0.05, 0) is 45.4 Å². The van der Waals surface area contributed by atoms with E-state index < -0.39 is 11.1 Å². The van der Waals surface area contributed by atoms with Crippen LogP contribution in [-0.4, -0.2) is 36.5 Å². The van der Waals surface area contributed by atoms with Gasteiger partial charge in [-0.25, -0.2) is 0 Å². The van der Waals surface area contributed by atoms with E-state index in [4.69, 9.17) is 4.74 Å². The van der Waals surface area contributed by atoms with Gasteiger partial charge >= 0.3 is 5.97 Å². The number of carbonyl (C=O) groups excluding carboxylic acids is 3. The summed E-state index contributed by atoms with van der Waals surface area (Å²) in [5, 5.41) is 5.26. The fraction of sp³-hybridized carbons (Fsp3) is 0.833. The first kappa shape index (κ1) is 24.7. The van der Waals surface area contributed by atoms with E-state index in [1.807, 2.05) is 20.8 Å². The second kappa shape index (κ2) is 9.64. The number of likely N-dealkylation sites (N-methyl/N-ethyl adjacent to an activating group) is 1. The SMILES string of the molecule is C.CC.CNC(=O)C(CCC(=O)OC(C)(C)C)(NC=O)C1(C)CC1. The first-order valence-electron chi connectivity index (χ1n) is 8.26. The van der Waals surface area contributed by atoms with Crippen molar-refractivity contribution < 1.29 is 19.1 Å². The molecule has 0 radical (unpaired) electrons. The molecule has 0 heterocycles. The van der Waals surface area contributed by atoms with Gasteiger partial charge in [-0.3, -0.25) is 14.4 Å². The first-order valence-corrected chi connectivity index (χ1v) is 8.26. The molecular weight excluding hydrogens is 308 g/mol. The molecule has 0 aromatic carbocycles. The summed E-state index contributed by atoms with van der Waals surface area (Å²) in [6, 6.07) is 0. The van der Waals surface area contributed by atoms with Crippen LogP contribution in [0.3, 0.4) is 0 Å². The van der Waals surface area contributed by atoms with Crippen molar-refractivity contribution in [2.45, 2.75) is 85.8 Å². The van der Waals surface area contributed by atoms with Crippen LogP contribution in [0, 0.1) is 5.41 Å². The molecule has 2 amide bonds. The van der Waals surface area contributed by atoms with Gasteiger partial charge in [0.15, 0.2) is 0 Å². The summed E-state index contributed by atoms with van der Waals surface area (Å²) < 4.78 is 5.27. The van der Waals surface area contributed by atoms with E-state index in [1.54, 1.807) is 20.8 Å². The van der Waals surface area contributed by atoms with Crippen LogP contribution in [0.1, 0.15) is 74.7 Å². The molecule has 1 unspecified atom stereocenters. The third-order valence-corrected chi connectivity index (χ3v) is 4.07. The van der Waals surface area contributed by atoms with Crippen molar-refractivity contribution in [3.63, 3.8) is 0 Å². The molecule has 0 aromatic rings. The van der Waals surface area contributed by atoms with Crippen LogP contribution < -0.4 is 10.6 Å². The van der Waals surface area contributed by atoms with Crippen molar-refractivity contribution in [1.82, 2.24) is 10.6 Å². The lowest BCUT2D eigenvalue weighted by atomic mass is 9.77. The fourth-order valence-electron chi connectivity index (χ4n) is 2.61. The van der Waals surface area contributed by atoms with E-state index in [1.165, 1.54) is 7.05 Å². The van der Waals surface area contributed by atoms with Gasteiger partial charge in [0, 0.05) is 13.5 Å². The van der Waals surface area contributed by atoms with Crippen molar-refractivity contribution >= 4 is 18.3 Å². The average molecular weight is 344 g/mol. The van der Waals surface area contributed by atoms with Gasteiger partial charge in [0.05, 0.1) is 0 Å². The number of carbonyl (C=O) groups is 3. The van der Waals surface area contributed by atoms with Crippen molar-refractivity contribution in [2.75, 3.05) is 7.05 Å². The second-order valence-corrected chi connectivity index (χ2v) is 6.89. The molecule has 6 nitrogen and oxygen atoms in total. The number of rotatable bonds is 7. The van der Waals surface area contributed by atoms with Crippen LogP contribution in [0.15, 0.2) is 0 Å². The fourth-order valence-corrected chi connectivity index (χ4v) is 2.61. The second-order valence-electron chi connectivity index (χ2n) is 6.89. The molecule has 24 heavy (non-hydrogen) atoms. The molecule has 1 rings (SSSR count). The van der Waals surface area contributed by atoms with E-state index in [2.05, 4.69) is 10.6 Å². The lowest BCUT2D eigenvalue weighted by molar-refractivity contribution is -0.155. The molecule has 0 aliphatic heterocycles. The maximum Gasteiger partial charge on any atom is 0.306 e. The largest absolute Gasteiger partial charge is 0.460 e. The van der Waals surface area contributed by atoms with Crippen LogP contribution >= 0.6 is 0 Å². The molecule has 0 saturated heterocycles. The molecule has 0 spiro atoms. The third kappa shape index (κ3) is 6.13. The van der Waals surface area contributed by atoms with Crippen LogP contribution in [0.2, 0.25) is 0 Å². The maximum atomic E-state index is 12.3. The topological polar surface area (TPSA) is 84.5 Å². The number of amides is 2. The standard InChI is InChI=1S/C15H26N2O4.C2H6.CH4/c1-13(2,3)21-11(19)6-7-15(17-10-18,12(20)16-5)14(4)8-9-14;1-2;/h10H,6-9H2,1-5H3,(H,16,20)(H,17,18);1-2H3;1H4. The minimum Gasteiger partial charge on any atom is -0.460 e. The Morgan fingerprint density at radius 1 is 1.21 bits per heavy atom. The molecule has 2 N–H and O–H groups in total. The Morgan fingerprint density at radius 2 is 1.71 bits per heavy atom. The Bertz CT molecular complexity index is 425. The Morgan fingerprint density at radius 3 is 2.04 bits per heavy atom. The zero-order chi connectivity index (χ0) is 18.3. The van der Waals surface area contributed by atoms with E-state index in [0.717, 1.165) is 12.8 Å². The molecule has 0 bridgehead atoms. The van der Waals surface area contributed by atoms with E-state index in [0.29, 0.717) is 6.41 Å². The smallest absolute Gasteiger partial charge is 0.306 e. The van der Waals surface area contributed by atoms with Gasteiger partial charge in [-0.2, -0.15) is 0 Å². The summed E-state index contributed by atoms with van der Waals surface area (Å²) in [5.74, 6) is -0.633. The number of ether oxygens (including phenoxy) is 1. The molecule has 1 saturated carbocycles. The normalized spacial score (nSPS) is 17.0. The predicted octanol–water partition coefficient (Wildman–Crippen LogP) is 2.80. The quantitative estimate of drug-likeness (QED) is 0.549. The van der Waals surface area contributed by atoms with Crippen LogP contribution in [0.5, 0.6) is 0 Å². The first-order chi connectivity index (χ1) is 10.6. The molecular formula is C18H36N2O4. The highest BCUT2D eigenvalue weighted by atomic mass is 16.6. The van der Waals surface area contributed by atoms with Gasteiger partial charge in [0.1, 0.15) is 11.1 Å². The number of hydrogen-bond donors (Lipinski definition) is 2. The molecule has 1 aliphatic carbocycles. The summed E-state index contributed by atoms with van der Waals surface area (Å²) in [6.45, 7) is 11.3. The average Bonchev–Trinajstić information content (AvgIpc) is 3.22. The number of hydrogen-bond acceptors (Lipinski definition) is 4. The zero-order valence-electron chi connectivity index (χ0n) is 15.5. The lowest BCUT2D eigenvalue weighted by Crippen LogP contribution is -2.61. The summed E-state index contributed by atoms with van der Waals surface area (Å²) >= 11 is 0. The van der Waals surface area contributed by atoms with Crippen LogP contribution in [0.4, 0.5) is 0 Å². The van der Waals surface area contributed by atoms with Gasteiger partial charge < -0.3 is 15.4 Å². The molecule has 1 atom stereocenters. The van der Waals surface area contributed by atoms with E-state index in [-0.39, 0.29) is 37.6 Å². The van der Waals surface area contributed by atoms with Crippen molar-refractivity contribution in [3.05, 3.63) is 0 Å². The van der Waals surface area contributed by atoms with Crippen molar-refractivity contribution in [2.24, 2.45) is 5.41 Å². The maximum absolute atomic E-state index is 12.3. The molecule has 142 valence electrons. The van der Waals surface area contributed by atoms with Gasteiger partial charge in [0.25, 0.3) is 0 Å². The summed E-state index contributed by atoms with van der Waals surface area (Å²) in [5.41, 5.74) is -1.93. The van der Waals surface area contributed by atoms with Crippen molar-refractivity contribution in [1.29, 1.82) is 0 Å². The van der Waals surface area contributed by atoms with Gasteiger partial charge in [0.2, 0.25) is 12.3 Å². The monoisotopic (exact) mass is 344 g/mol. The number of esters is 1. The number of nitrogens with one attached hydrogen (secondary N) is 2. The van der Waals surface area contributed by atoms with Crippen LogP contribution in [0.25, 0.3) is 0 Å². The highest BCUT2D eigenvalue weighted by molar-refractivity contribution is 5.90. The molecule has 1 fully saturated rings. The Balaban J connectivity index is 0. The Kier molecular flexibility index (Phi) is 9.91. The molecule has 0 aromatic heterocycles. The van der Waals surface area contributed by atoms with E-state index >= 15 is 0 Å². The third-order valence-electron chi connectivity index (χ3n) is 4.07. The van der Waals surface area contributed by atoms with Gasteiger partial charge in [-0.15, -0.1) is 0 Å². The summed E-state index contributed by atoms with van der Waals surface area (Å²) in [4.78, 5) is 35.2. The predicted molar refractivity (Wildman–Crippen MR) is 96.5 cm³/mol. The van der Waals surface area contributed by atoms with Crippen molar-refractivity contribution in [3.8, 4) is 0 Å². The Labute approximate surface area is 147 Å². The van der Waals surface area contributed by atoms with E-state index in [9.17, 15) is 14.4 Å².